The monoisotopic (exact) mass is 353 g/mol. The van der Waals surface area contributed by atoms with Gasteiger partial charge in [0.15, 0.2) is 5.60 Å². The van der Waals surface area contributed by atoms with E-state index in [0.717, 1.165) is 5.52 Å². The number of nitrogens with zero attached hydrogens (tertiary/aromatic N) is 1. The molecule has 11 heteroatoms. The minimum Gasteiger partial charge on any atom is -0.481 e. The van der Waals surface area contributed by atoms with E-state index in [9.17, 15) is 19.2 Å². The van der Waals surface area contributed by atoms with Gasteiger partial charge in [-0.15, -0.1) is 0 Å². The average Bonchev–Trinajstić information content (AvgIpc) is 2.93. The lowest BCUT2D eigenvalue weighted by atomic mass is 9.96. The number of aliphatic carboxylic acids is 3. The predicted molar refractivity (Wildman–Crippen MR) is 81.7 cm³/mol. The summed E-state index contributed by atoms with van der Waals surface area (Å²) in [6, 6.07) is 5.26. The second-order valence-corrected chi connectivity index (χ2v) is 4.95. The Balaban J connectivity index is 0.000000250. The van der Waals surface area contributed by atoms with E-state index in [1.54, 1.807) is 12.1 Å². The molecule has 7 N–H and O–H groups in total. The molecule has 11 nitrogen and oxygen atoms in total. The molecule has 0 radical (unpaired) electrons. The molecule has 0 aliphatic rings. The molecule has 2 aromatic rings. The first-order valence-corrected chi connectivity index (χ1v) is 6.68. The average molecular weight is 353 g/mol. The number of aliphatic hydroxyl groups is 1. The normalized spacial score (nSPS) is 10.6. The summed E-state index contributed by atoms with van der Waals surface area (Å²) < 4.78 is 0. The molecule has 1 amide bonds. The van der Waals surface area contributed by atoms with Crippen molar-refractivity contribution in [3.8, 4) is 0 Å². The molecule has 0 atom stereocenters. The quantitative estimate of drug-likeness (QED) is 0.392. The van der Waals surface area contributed by atoms with Gasteiger partial charge in [0.05, 0.1) is 30.2 Å². The highest BCUT2D eigenvalue weighted by atomic mass is 16.4. The van der Waals surface area contributed by atoms with E-state index in [2.05, 4.69) is 9.97 Å². The van der Waals surface area contributed by atoms with E-state index in [1.165, 1.54) is 6.33 Å². The molecular formula is C14H15N3O8. The van der Waals surface area contributed by atoms with Crippen molar-refractivity contribution in [3.63, 3.8) is 0 Å². The Labute approximate surface area is 139 Å². The summed E-state index contributed by atoms with van der Waals surface area (Å²) >= 11 is 0. The largest absolute Gasteiger partial charge is 0.481 e. The topological polar surface area (TPSA) is 204 Å². The van der Waals surface area contributed by atoms with Crippen LogP contribution in [0.1, 0.15) is 23.2 Å². The van der Waals surface area contributed by atoms with Crippen molar-refractivity contribution in [2.75, 3.05) is 0 Å². The lowest BCUT2D eigenvalue weighted by molar-refractivity contribution is -0.170. The van der Waals surface area contributed by atoms with Crippen molar-refractivity contribution in [1.29, 1.82) is 0 Å². The number of imidazole rings is 1. The van der Waals surface area contributed by atoms with Crippen LogP contribution >= 0.6 is 0 Å². The first-order chi connectivity index (χ1) is 11.6. The molecule has 1 aromatic heterocycles. The molecule has 0 aliphatic carbocycles. The number of hydrogen-bond acceptors (Lipinski definition) is 6. The summed E-state index contributed by atoms with van der Waals surface area (Å²) in [5, 5.41) is 33.8. The highest BCUT2D eigenvalue weighted by Crippen LogP contribution is 2.15. The van der Waals surface area contributed by atoms with E-state index in [0.29, 0.717) is 11.1 Å². The van der Waals surface area contributed by atoms with Crippen molar-refractivity contribution in [3.05, 3.63) is 30.1 Å². The van der Waals surface area contributed by atoms with Gasteiger partial charge in [0.1, 0.15) is 5.52 Å². The van der Waals surface area contributed by atoms with Gasteiger partial charge in [-0.3, -0.25) is 14.4 Å². The summed E-state index contributed by atoms with van der Waals surface area (Å²) in [6.07, 6.45) is -0.750. The third-order valence-corrected chi connectivity index (χ3v) is 3.00. The van der Waals surface area contributed by atoms with Gasteiger partial charge in [-0.1, -0.05) is 6.07 Å². The maximum Gasteiger partial charge on any atom is 0.336 e. The van der Waals surface area contributed by atoms with E-state index in [1.807, 2.05) is 6.07 Å². The molecule has 2 rings (SSSR count). The van der Waals surface area contributed by atoms with Gasteiger partial charge in [0.2, 0.25) is 0 Å². The van der Waals surface area contributed by atoms with Crippen LogP contribution in [0.15, 0.2) is 24.5 Å². The number of carbonyl (C=O) groups excluding carboxylic acids is 1. The Morgan fingerprint density at radius 1 is 1.08 bits per heavy atom. The van der Waals surface area contributed by atoms with E-state index < -0.39 is 42.3 Å². The Bertz CT molecular complexity index is 797. The lowest BCUT2D eigenvalue weighted by Gasteiger charge is -2.18. The molecule has 0 bridgehead atoms. The predicted octanol–water partition coefficient (Wildman–Crippen LogP) is -0.587. The van der Waals surface area contributed by atoms with Crippen molar-refractivity contribution >= 4 is 34.8 Å². The fourth-order valence-electron chi connectivity index (χ4n) is 1.88. The van der Waals surface area contributed by atoms with Crippen LogP contribution in [-0.2, 0) is 14.4 Å². The van der Waals surface area contributed by atoms with Gasteiger partial charge in [-0.2, -0.15) is 0 Å². The highest BCUT2D eigenvalue weighted by molar-refractivity contribution is 6.03. The molecule has 1 heterocycles. The Morgan fingerprint density at radius 2 is 1.64 bits per heavy atom. The first-order valence-electron chi connectivity index (χ1n) is 6.68. The minimum absolute atomic E-state index is 0.451. The SMILES string of the molecule is NC(=O)c1cccc2[nH]cnc12.O=C(O)CC(O)(CC(=O)O)C(=O)O. The van der Waals surface area contributed by atoms with Crippen LogP contribution in [0.5, 0.6) is 0 Å². The molecule has 0 spiro atoms. The molecule has 25 heavy (non-hydrogen) atoms. The van der Waals surface area contributed by atoms with Crippen molar-refractivity contribution in [1.82, 2.24) is 9.97 Å². The lowest BCUT2D eigenvalue weighted by Crippen LogP contribution is -2.42. The molecule has 0 unspecified atom stereocenters. The van der Waals surface area contributed by atoms with E-state index in [-0.39, 0.29) is 0 Å². The van der Waals surface area contributed by atoms with Crippen molar-refractivity contribution < 1.29 is 39.6 Å². The summed E-state index contributed by atoms with van der Waals surface area (Å²) in [6.45, 7) is 0. The van der Waals surface area contributed by atoms with Crippen LogP contribution in [-0.4, -0.2) is 59.8 Å². The van der Waals surface area contributed by atoms with Crippen LogP contribution in [0.4, 0.5) is 0 Å². The zero-order valence-electron chi connectivity index (χ0n) is 12.7. The maximum atomic E-state index is 10.9. The maximum absolute atomic E-state index is 10.9. The van der Waals surface area contributed by atoms with Crippen molar-refractivity contribution in [2.24, 2.45) is 5.73 Å². The van der Waals surface area contributed by atoms with Crippen LogP contribution in [0.3, 0.4) is 0 Å². The number of aromatic amines is 1. The number of carboxylic acid groups (broad SMARTS) is 3. The van der Waals surface area contributed by atoms with E-state index in [4.69, 9.17) is 26.2 Å². The molecule has 0 saturated carbocycles. The Morgan fingerprint density at radius 3 is 2.08 bits per heavy atom. The molecule has 0 saturated heterocycles. The van der Waals surface area contributed by atoms with Crippen LogP contribution < -0.4 is 5.73 Å². The number of primary amides is 1. The third kappa shape index (κ3) is 5.28. The minimum atomic E-state index is -2.74. The smallest absolute Gasteiger partial charge is 0.336 e. The third-order valence-electron chi connectivity index (χ3n) is 3.00. The molecule has 0 aliphatic heterocycles. The summed E-state index contributed by atoms with van der Waals surface area (Å²) in [5.74, 6) is -5.47. The van der Waals surface area contributed by atoms with Crippen LogP contribution in [0.25, 0.3) is 11.0 Å². The van der Waals surface area contributed by atoms with Gasteiger partial charge in [-0.25, -0.2) is 9.78 Å². The molecule has 0 fully saturated rings. The van der Waals surface area contributed by atoms with Gasteiger partial charge >= 0.3 is 17.9 Å². The van der Waals surface area contributed by atoms with Gasteiger partial charge < -0.3 is 31.1 Å². The zero-order chi connectivity index (χ0) is 19.2. The fourth-order valence-corrected chi connectivity index (χ4v) is 1.88. The number of nitrogens with two attached hydrogens (primary N) is 1. The highest BCUT2D eigenvalue weighted by Gasteiger charge is 2.40. The molecule has 1 aromatic carbocycles. The second kappa shape index (κ2) is 7.88. The number of benzene rings is 1. The first kappa shape index (κ1) is 19.6. The van der Waals surface area contributed by atoms with Crippen molar-refractivity contribution in [2.45, 2.75) is 18.4 Å². The molecular weight excluding hydrogens is 338 g/mol. The number of aromatic nitrogens is 2. The Hall–Kier alpha value is -3.47. The summed E-state index contributed by atoms with van der Waals surface area (Å²) in [7, 11) is 0. The van der Waals surface area contributed by atoms with Gasteiger partial charge in [-0.05, 0) is 12.1 Å². The number of rotatable bonds is 6. The molecule has 134 valence electrons. The number of carbonyl (C=O) groups is 4. The fraction of sp³-hybridized carbons (Fsp3) is 0.214. The van der Waals surface area contributed by atoms with E-state index >= 15 is 0 Å². The van der Waals surface area contributed by atoms with Gasteiger partial charge in [0, 0.05) is 0 Å². The van der Waals surface area contributed by atoms with Gasteiger partial charge in [0.25, 0.3) is 5.91 Å². The number of nitrogens with one attached hydrogen (secondary N) is 1. The second-order valence-electron chi connectivity index (χ2n) is 4.95. The summed E-state index contributed by atoms with van der Waals surface area (Å²) in [4.78, 5) is 48.2. The van der Waals surface area contributed by atoms with Crippen LogP contribution in [0, 0.1) is 0 Å². The van der Waals surface area contributed by atoms with Crippen LogP contribution in [0.2, 0.25) is 0 Å². The Kier molecular flexibility index (Phi) is 6.17. The number of hydrogen-bond donors (Lipinski definition) is 6. The standard InChI is InChI=1S/C8H7N3O.C6H8O7/c9-8(12)5-2-1-3-6-7(5)11-4-10-6;7-3(8)1-6(13,5(11)12)2-4(9)10/h1-4H,(H2,9,12)(H,10,11);13H,1-2H2,(H,7,8)(H,9,10)(H,11,12). The number of amides is 1. The number of para-hydroxylation sites is 1. The number of fused-ring (bicyclic) bond motifs is 1. The number of H-pyrrole nitrogens is 1. The zero-order valence-corrected chi connectivity index (χ0v) is 12.7. The summed E-state index contributed by atoms with van der Waals surface area (Å²) in [5.41, 5.74) is 4.32. The number of carboxylic acids is 3.